The van der Waals surface area contributed by atoms with Gasteiger partial charge < -0.3 is 15.8 Å². The van der Waals surface area contributed by atoms with Crippen LogP contribution in [0.25, 0.3) is 0 Å². The van der Waals surface area contributed by atoms with Crippen LogP contribution < -0.4 is 11.1 Å². The van der Waals surface area contributed by atoms with Crippen LogP contribution in [0.2, 0.25) is 0 Å². The summed E-state index contributed by atoms with van der Waals surface area (Å²) in [6.07, 6.45) is 7.26. The number of carbonyl (C=O) groups excluding carboxylic acids is 1. The van der Waals surface area contributed by atoms with Gasteiger partial charge in [-0.2, -0.15) is 0 Å². The maximum absolute atomic E-state index is 11.0. The molecular formula is C15H24N2O2. The molecule has 0 aliphatic heterocycles. The summed E-state index contributed by atoms with van der Waals surface area (Å²) in [4.78, 5) is 11.0. The molecule has 106 valence electrons. The molecule has 0 saturated heterocycles. The zero-order valence-corrected chi connectivity index (χ0v) is 12.2. The third kappa shape index (κ3) is 6.50. The maximum Gasteiger partial charge on any atom is 0.264 e. The second kappa shape index (κ2) is 9.03. The van der Waals surface area contributed by atoms with Crippen LogP contribution >= 0.6 is 0 Å². The fourth-order valence-corrected chi connectivity index (χ4v) is 1.43. The van der Waals surface area contributed by atoms with E-state index in [-0.39, 0.29) is 5.70 Å². The first-order chi connectivity index (χ1) is 9.02. The first-order valence-corrected chi connectivity index (χ1v) is 6.45. The number of allylic oxidation sites excluding steroid dienone is 5. The molecule has 0 fully saturated rings. The molecule has 0 saturated carbocycles. The number of primary amides is 1. The van der Waals surface area contributed by atoms with Crippen molar-refractivity contribution in [2.45, 2.75) is 33.6 Å². The lowest BCUT2D eigenvalue weighted by Gasteiger charge is -2.14. The number of amides is 1. The number of ether oxygens (including phenoxy) is 1. The molecule has 3 N–H and O–H groups in total. The summed E-state index contributed by atoms with van der Waals surface area (Å²) in [7, 11) is 1.62. The molecule has 0 heterocycles. The standard InChI is InChI=1S/C13H18N2O2.C2H6/c1-9-4-6-11(7-5-9)17-10(2)8-12(15-3)13(14)16;1-2/h4,6,8,15H,2,5,7H2,1,3H3,(H2,14,16);1-2H3/b12-8-;. The lowest BCUT2D eigenvalue weighted by molar-refractivity contribution is -0.114. The first kappa shape index (κ1) is 17.0. The smallest absolute Gasteiger partial charge is 0.264 e. The van der Waals surface area contributed by atoms with Crippen LogP contribution in [-0.2, 0) is 9.53 Å². The third-order valence-electron chi connectivity index (χ3n) is 2.42. The lowest BCUT2D eigenvalue weighted by atomic mass is 10.1. The van der Waals surface area contributed by atoms with Gasteiger partial charge >= 0.3 is 0 Å². The van der Waals surface area contributed by atoms with Crippen molar-refractivity contribution in [3.8, 4) is 0 Å². The van der Waals surface area contributed by atoms with E-state index in [4.69, 9.17) is 10.5 Å². The summed E-state index contributed by atoms with van der Waals surface area (Å²) in [6, 6.07) is 0. The van der Waals surface area contributed by atoms with Gasteiger partial charge in [0.1, 0.15) is 17.2 Å². The summed E-state index contributed by atoms with van der Waals surface area (Å²) < 4.78 is 5.52. The van der Waals surface area contributed by atoms with Gasteiger partial charge in [0.2, 0.25) is 0 Å². The van der Waals surface area contributed by atoms with Crippen molar-refractivity contribution in [3.05, 3.63) is 47.6 Å². The van der Waals surface area contributed by atoms with Gasteiger partial charge in [0.05, 0.1) is 0 Å². The Morgan fingerprint density at radius 3 is 2.47 bits per heavy atom. The van der Waals surface area contributed by atoms with E-state index in [1.165, 1.54) is 11.6 Å². The van der Waals surface area contributed by atoms with Crippen molar-refractivity contribution >= 4 is 5.91 Å². The van der Waals surface area contributed by atoms with Crippen LogP contribution in [0.15, 0.2) is 47.6 Å². The predicted molar refractivity (Wildman–Crippen MR) is 79.0 cm³/mol. The highest BCUT2D eigenvalue weighted by Crippen LogP contribution is 2.20. The second-order valence-electron chi connectivity index (χ2n) is 3.89. The number of nitrogens with two attached hydrogens (primary N) is 1. The molecule has 1 aliphatic rings. The average Bonchev–Trinajstić information content (AvgIpc) is 2.40. The summed E-state index contributed by atoms with van der Waals surface area (Å²) in [5, 5.41) is 2.69. The Morgan fingerprint density at radius 1 is 1.42 bits per heavy atom. The Balaban J connectivity index is 0.00000154. The summed E-state index contributed by atoms with van der Waals surface area (Å²) in [5.41, 5.74) is 6.76. The fourth-order valence-electron chi connectivity index (χ4n) is 1.43. The monoisotopic (exact) mass is 264 g/mol. The molecule has 1 aliphatic carbocycles. The van der Waals surface area contributed by atoms with E-state index in [1.54, 1.807) is 7.05 Å². The summed E-state index contributed by atoms with van der Waals surface area (Å²) in [5.74, 6) is 0.703. The Labute approximate surface area is 115 Å². The number of hydrogen-bond acceptors (Lipinski definition) is 3. The normalized spacial score (nSPS) is 14.4. The molecule has 1 amide bonds. The van der Waals surface area contributed by atoms with E-state index in [0.717, 1.165) is 18.6 Å². The van der Waals surface area contributed by atoms with E-state index in [1.807, 2.05) is 26.0 Å². The number of likely N-dealkylation sites (N-methyl/N-ethyl adjacent to an activating group) is 1. The highest BCUT2D eigenvalue weighted by atomic mass is 16.5. The zero-order valence-electron chi connectivity index (χ0n) is 12.2. The zero-order chi connectivity index (χ0) is 14.8. The van der Waals surface area contributed by atoms with Crippen LogP contribution in [-0.4, -0.2) is 13.0 Å². The quantitative estimate of drug-likeness (QED) is 0.456. The minimum atomic E-state index is -0.536. The largest absolute Gasteiger partial charge is 0.462 e. The highest BCUT2D eigenvalue weighted by Gasteiger charge is 2.07. The van der Waals surface area contributed by atoms with E-state index < -0.39 is 5.91 Å². The van der Waals surface area contributed by atoms with E-state index in [2.05, 4.69) is 18.8 Å². The number of carbonyl (C=O) groups is 1. The molecular weight excluding hydrogens is 240 g/mol. The Morgan fingerprint density at radius 2 is 2.05 bits per heavy atom. The topological polar surface area (TPSA) is 64.3 Å². The maximum atomic E-state index is 11.0. The van der Waals surface area contributed by atoms with Gasteiger partial charge in [-0.3, -0.25) is 4.79 Å². The highest BCUT2D eigenvalue weighted by molar-refractivity contribution is 5.91. The minimum Gasteiger partial charge on any atom is -0.462 e. The van der Waals surface area contributed by atoms with Crippen molar-refractivity contribution < 1.29 is 9.53 Å². The molecule has 0 spiro atoms. The molecule has 0 radical (unpaired) electrons. The van der Waals surface area contributed by atoms with Gasteiger partial charge in [0, 0.05) is 19.5 Å². The Bertz CT molecular complexity index is 418. The number of hydrogen-bond donors (Lipinski definition) is 2. The van der Waals surface area contributed by atoms with Crippen molar-refractivity contribution in [1.82, 2.24) is 5.32 Å². The summed E-state index contributed by atoms with van der Waals surface area (Å²) in [6.45, 7) is 9.81. The lowest BCUT2D eigenvalue weighted by Crippen LogP contribution is -2.23. The predicted octanol–water partition coefficient (Wildman–Crippen LogP) is 2.76. The third-order valence-corrected chi connectivity index (χ3v) is 2.42. The summed E-state index contributed by atoms with van der Waals surface area (Å²) >= 11 is 0. The van der Waals surface area contributed by atoms with Crippen molar-refractivity contribution in [2.24, 2.45) is 5.73 Å². The molecule has 4 nitrogen and oxygen atoms in total. The SMILES string of the molecule is C=C(/C=C(\NC)C(N)=O)OC1=CC=C(C)CC1.CC. The number of nitrogens with one attached hydrogen (secondary N) is 1. The molecule has 0 aromatic rings. The van der Waals surface area contributed by atoms with E-state index in [9.17, 15) is 4.79 Å². The van der Waals surface area contributed by atoms with Crippen molar-refractivity contribution in [1.29, 1.82) is 0 Å². The van der Waals surface area contributed by atoms with Gasteiger partial charge in [-0.05, 0) is 19.4 Å². The molecule has 0 unspecified atom stereocenters. The molecule has 0 aromatic carbocycles. The van der Waals surface area contributed by atoms with Crippen LogP contribution in [0, 0.1) is 0 Å². The van der Waals surface area contributed by atoms with E-state index >= 15 is 0 Å². The van der Waals surface area contributed by atoms with Crippen LogP contribution in [0.5, 0.6) is 0 Å². The van der Waals surface area contributed by atoms with Crippen molar-refractivity contribution in [2.75, 3.05) is 7.05 Å². The number of rotatable bonds is 5. The first-order valence-electron chi connectivity index (χ1n) is 6.45. The van der Waals surface area contributed by atoms with Crippen molar-refractivity contribution in [3.63, 3.8) is 0 Å². The fraction of sp³-hybridized carbons (Fsp3) is 0.400. The molecule has 19 heavy (non-hydrogen) atoms. The van der Waals surface area contributed by atoms with Gasteiger partial charge in [-0.25, -0.2) is 0 Å². The molecule has 0 aromatic heterocycles. The molecule has 0 bridgehead atoms. The average molecular weight is 264 g/mol. The second-order valence-corrected chi connectivity index (χ2v) is 3.89. The molecule has 4 heteroatoms. The van der Waals surface area contributed by atoms with Crippen LogP contribution in [0.1, 0.15) is 33.6 Å². The van der Waals surface area contributed by atoms with Crippen LogP contribution in [0.3, 0.4) is 0 Å². The molecule has 0 atom stereocenters. The van der Waals surface area contributed by atoms with Gasteiger partial charge in [0.15, 0.2) is 0 Å². The minimum absolute atomic E-state index is 0.276. The Hall–Kier alpha value is -1.97. The molecule has 1 rings (SSSR count). The van der Waals surface area contributed by atoms with Crippen LogP contribution in [0.4, 0.5) is 0 Å². The van der Waals surface area contributed by atoms with Gasteiger partial charge in [0.25, 0.3) is 5.91 Å². The van der Waals surface area contributed by atoms with Gasteiger partial charge in [-0.15, -0.1) is 0 Å². The van der Waals surface area contributed by atoms with E-state index in [0.29, 0.717) is 5.76 Å². The van der Waals surface area contributed by atoms with Gasteiger partial charge in [-0.1, -0.05) is 32.1 Å². The Kier molecular flexibility index (Phi) is 8.09.